The zero-order valence-electron chi connectivity index (χ0n) is 20.9. The first kappa shape index (κ1) is 27.3. The first-order chi connectivity index (χ1) is 17.4. The molecule has 8 nitrogen and oxygen atoms in total. The van der Waals surface area contributed by atoms with Crippen LogP contribution in [0, 0.1) is 5.92 Å². The number of halogens is 1. The van der Waals surface area contributed by atoms with Gasteiger partial charge in [-0.2, -0.15) is 0 Å². The van der Waals surface area contributed by atoms with Crippen LogP contribution in [0.25, 0.3) is 0 Å². The lowest BCUT2D eigenvalue weighted by Crippen LogP contribution is -2.22. The Morgan fingerprint density at radius 2 is 2.00 bits per heavy atom. The van der Waals surface area contributed by atoms with Crippen molar-refractivity contribution in [3.05, 3.63) is 70.5 Å². The summed E-state index contributed by atoms with van der Waals surface area (Å²) in [6, 6.07) is 13.5. The largest absolute Gasteiger partial charge is 0.493 e. The van der Waals surface area contributed by atoms with Crippen LogP contribution in [0.3, 0.4) is 0 Å². The van der Waals surface area contributed by atoms with Gasteiger partial charge in [0.05, 0.1) is 7.11 Å². The molecule has 0 saturated carbocycles. The van der Waals surface area contributed by atoms with Crippen LogP contribution in [0.2, 0.25) is 0 Å². The Bertz CT molecular complexity index is 1150. The lowest BCUT2D eigenvalue weighted by Gasteiger charge is -2.12. The minimum absolute atomic E-state index is 0.0470. The predicted octanol–water partition coefficient (Wildman–Crippen LogP) is 6.55. The van der Waals surface area contributed by atoms with Crippen molar-refractivity contribution in [1.82, 2.24) is 15.5 Å². The van der Waals surface area contributed by atoms with Crippen molar-refractivity contribution in [2.24, 2.45) is 5.92 Å². The van der Waals surface area contributed by atoms with Gasteiger partial charge in [-0.25, -0.2) is 0 Å². The first-order valence-electron chi connectivity index (χ1n) is 12.0. The molecule has 3 aromatic rings. The van der Waals surface area contributed by atoms with Crippen LogP contribution in [0.5, 0.6) is 11.5 Å². The Labute approximate surface area is 220 Å². The lowest BCUT2D eigenvalue weighted by atomic mass is 10.1. The number of ether oxygens (including phenoxy) is 2. The van der Waals surface area contributed by atoms with E-state index in [0.717, 1.165) is 35.0 Å². The topological polar surface area (TPSA) is 98.5 Å². The SMILES string of the molecule is COc1cc(CNC(=O)CCCC/C=C/C(C)C)ccc1OCc1nnc(Nc2cccc(Br)c2)o1. The van der Waals surface area contributed by atoms with Gasteiger partial charge in [0.1, 0.15) is 0 Å². The van der Waals surface area contributed by atoms with Gasteiger partial charge in [0.25, 0.3) is 5.89 Å². The minimum atomic E-state index is 0.0470. The van der Waals surface area contributed by atoms with Crippen molar-refractivity contribution in [3.8, 4) is 11.5 Å². The molecule has 0 unspecified atom stereocenters. The number of rotatable bonds is 14. The molecule has 0 aliphatic carbocycles. The standard InChI is InChI=1S/C27H33BrN4O4/c1-19(2)9-6-4-5-7-12-25(33)29-17-20-13-14-23(24(15-20)34-3)35-18-26-31-32-27(36-26)30-22-11-8-10-21(28)16-22/h6,8-11,13-16,19H,4-5,7,12,17-18H2,1-3H3,(H,29,33)(H,30,32)/b9-6+. The molecule has 9 heteroatoms. The molecule has 1 aromatic heterocycles. The Morgan fingerprint density at radius 1 is 1.14 bits per heavy atom. The molecule has 1 amide bonds. The van der Waals surface area contributed by atoms with E-state index in [1.807, 2.05) is 36.4 Å². The first-order valence-corrected chi connectivity index (χ1v) is 12.8. The van der Waals surface area contributed by atoms with Crippen LogP contribution in [0.15, 0.2) is 63.5 Å². The van der Waals surface area contributed by atoms with E-state index in [4.69, 9.17) is 13.9 Å². The maximum absolute atomic E-state index is 12.2. The molecule has 36 heavy (non-hydrogen) atoms. The fourth-order valence-corrected chi connectivity index (χ4v) is 3.74. The molecule has 3 rings (SSSR count). The highest BCUT2D eigenvalue weighted by Crippen LogP contribution is 2.29. The molecule has 0 bridgehead atoms. The second kappa shape index (κ2) is 14.3. The van der Waals surface area contributed by atoms with Crippen LogP contribution in [0.1, 0.15) is 51.0 Å². The Hall–Kier alpha value is -3.33. The molecule has 0 atom stereocenters. The van der Waals surface area contributed by atoms with Gasteiger partial charge in [0, 0.05) is 23.1 Å². The molecule has 1 heterocycles. The van der Waals surface area contributed by atoms with Crippen LogP contribution < -0.4 is 20.1 Å². The van der Waals surface area contributed by atoms with Crippen molar-refractivity contribution in [1.29, 1.82) is 0 Å². The predicted molar refractivity (Wildman–Crippen MR) is 143 cm³/mol. The van der Waals surface area contributed by atoms with Gasteiger partial charge < -0.3 is 24.5 Å². The number of methoxy groups -OCH3 is 1. The summed E-state index contributed by atoms with van der Waals surface area (Å²) in [5, 5.41) is 14.0. The molecule has 0 saturated heterocycles. The van der Waals surface area contributed by atoms with Crippen LogP contribution >= 0.6 is 15.9 Å². The summed E-state index contributed by atoms with van der Waals surface area (Å²) in [6.07, 6.45) is 7.81. The van der Waals surface area contributed by atoms with Gasteiger partial charge in [-0.1, -0.05) is 59.2 Å². The summed E-state index contributed by atoms with van der Waals surface area (Å²) in [5.74, 6) is 2.04. The second-order valence-electron chi connectivity index (χ2n) is 8.60. The Morgan fingerprint density at radius 3 is 2.78 bits per heavy atom. The van der Waals surface area contributed by atoms with Crippen molar-refractivity contribution in [2.75, 3.05) is 12.4 Å². The third-order valence-electron chi connectivity index (χ3n) is 5.16. The summed E-state index contributed by atoms with van der Waals surface area (Å²) in [4.78, 5) is 12.2. The number of nitrogens with one attached hydrogen (secondary N) is 2. The summed E-state index contributed by atoms with van der Waals surface area (Å²) in [6.45, 7) is 4.83. The van der Waals surface area contributed by atoms with Crippen molar-refractivity contribution >= 4 is 33.5 Å². The fraction of sp³-hybridized carbons (Fsp3) is 0.370. The minimum Gasteiger partial charge on any atom is -0.493 e. The second-order valence-corrected chi connectivity index (χ2v) is 9.52. The highest BCUT2D eigenvalue weighted by atomic mass is 79.9. The highest BCUT2D eigenvalue weighted by Gasteiger charge is 2.11. The summed E-state index contributed by atoms with van der Waals surface area (Å²) in [7, 11) is 1.57. The normalized spacial score (nSPS) is 11.1. The maximum atomic E-state index is 12.2. The van der Waals surface area contributed by atoms with Gasteiger partial charge in [-0.3, -0.25) is 4.79 Å². The molecule has 0 fully saturated rings. The van der Waals surface area contributed by atoms with E-state index in [-0.39, 0.29) is 18.5 Å². The fourth-order valence-electron chi connectivity index (χ4n) is 3.34. The van der Waals surface area contributed by atoms with Gasteiger partial charge >= 0.3 is 6.01 Å². The van der Waals surface area contributed by atoms with E-state index < -0.39 is 0 Å². The number of carbonyl (C=O) groups excluding carboxylic acids is 1. The number of benzene rings is 2. The molecule has 2 N–H and O–H groups in total. The number of unbranched alkanes of at least 4 members (excludes halogenated alkanes) is 2. The Kier molecular flexibility index (Phi) is 10.8. The zero-order chi connectivity index (χ0) is 25.8. The monoisotopic (exact) mass is 556 g/mol. The quantitative estimate of drug-likeness (QED) is 0.171. The maximum Gasteiger partial charge on any atom is 0.320 e. The number of hydrogen-bond donors (Lipinski definition) is 2. The van der Waals surface area contributed by atoms with Gasteiger partial charge in [-0.05, 0) is 61.1 Å². The van der Waals surface area contributed by atoms with E-state index in [0.29, 0.717) is 36.3 Å². The van der Waals surface area contributed by atoms with E-state index in [2.05, 4.69) is 62.8 Å². The average Bonchev–Trinajstić information content (AvgIpc) is 3.30. The number of hydrogen-bond acceptors (Lipinski definition) is 7. The van der Waals surface area contributed by atoms with Crippen molar-refractivity contribution in [2.45, 2.75) is 52.7 Å². The summed E-state index contributed by atoms with van der Waals surface area (Å²) >= 11 is 3.43. The third kappa shape index (κ3) is 9.37. The summed E-state index contributed by atoms with van der Waals surface area (Å²) < 4.78 is 17.8. The molecule has 0 aliphatic heterocycles. The highest BCUT2D eigenvalue weighted by molar-refractivity contribution is 9.10. The van der Waals surface area contributed by atoms with Crippen LogP contribution in [0.4, 0.5) is 11.7 Å². The number of anilines is 2. The molecule has 0 aliphatic rings. The molecule has 0 radical (unpaired) electrons. The Balaban J connectivity index is 1.44. The molecule has 0 spiro atoms. The van der Waals surface area contributed by atoms with Crippen molar-refractivity contribution in [3.63, 3.8) is 0 Å². The number of nitrogens with zero attached hydrogens (tertiary/aromatic N) is 2. The van der Waals surface area contributed by atoms with Crippen LogP contribution in [-0.2, 0) is 17.9 Å². The van der Waals surface area contributed by atoms with Gasteiger partial charge in [-0.15, -0.1) is 5.10 Å². The van der Waals surface area contributed by atoms with Crippen LogP contribution in [-0.4, -0.2) is 23.2 Å². The molecule has 192 valence electrons. The van der Waals surface area contributed by atoms with E-state index >= 15 is 0 Å². The number of amides is 1. The molecule has 2 aromatic carbocycles. The number of allylic oxidation sites excluding steroid dienone is 2. The lowest BCUT2D eigenvalue weighted by molar-refractivity contribution is -0.121. The smallest absolute Gasteiger partial charge is 0.320 e. The van der Waals surface area contributed by atoms with E-state index in [1.54, 1.807) is 13.2 Å². The number of carbonyl (C=O) groups is 1. The number of aromatic nitrogens is 2. The van der Waals surface area contributed by atoms with Gasteiger partial charge in [0.2, 0.25) is 5.91 Å². The van der Waals surface area contributed by atoms with Crippen molar-refractivity contribution < 1.29 is 18.7 Å². The zero-order valence-corrected chi connectivity index (χ0v) is 22.5. The summed E-state index contributed by atoms with van der Waals surface area (Å²) in [5.41, 5.74) is 1.74. The van der Waals surface area contributed by atoms with E-state index in [1.165, 1.54) is 0 Å². The van der Waals surface area contributed by atoms with E-state index in [9.17, 15) is 4.79 Å². The molecular weight excluding hydrogens is 524 g/mol. The average molecular weight is 557 g/mol. The molecular formula is C27H33BrN4O4. The van der Waals surface area contributed by atoms with Gasteiger partial charge in [0.15, 0.2) is 18.1 Å². The third-order valence-corrected chi connectivity index (χ3v) is 5.65.